The number of sulfonamides is 1. The molecule has 3 heterocycles. The molecule has 202 valence electrons. The number of halogens is 1. The summed E-state index contributed by atoms with van der Waals surface area (Å²) in [4.78, 5) is 35.5. The van der Waals surface area contributed by atoms with Crippen molar-refractivity contribution in [2.24, 2.45) is 10.9 Å². The molecule has 1 unspecified atom stereocenters. The number of piperidine rings is 2. The van der Waals surface area contributed by atoms with Gasteiger partial charge in [-0.3, -0.25) is 9.79 Å². The fourth-order valence-corrected chi connectivity index (χ4v) is 6.79. The lowest BCUT2D eigenvalue weighted by molar-refractivity contribution is -0.143. The molecule has 1 amide bonds. The Morgan fingerprint density at radius 2 is 1.87 bits per heavy atom. The number of rotatable bonds is 6. The van der Waals surface area contributed by atoms with E-state index in [1.807, 2.05) is 30.3 Å². The van der Waals surface area contributed by atoms with E-state index in [9.17, 15) is 18.0 Å². The van der Waals surface area contributed by atoms with Crippen molar-refractivity contribution >= 4 is 39.5 Å². The zero-order valence-corrected chi connectivity index (χ0v) is 22.3. The highest BCUT2D eigenvalue weighted by atomic mass is 35.5. The summed E-state index contributed by atoms with van der Waals surface area (Å²) in [6.07, 6.45) is 1.31. The lowest BCUT2D eigenvalue weighted by Crippen LogP contribution is -2.50. The molecule has 0 radical (unpaired) electrons. The van der Waals surface area contributed by atoms with Gasteiger partial charge in [-0.15, -0.1) is 5.06 Å². The maximum absolute atomic E-state index is 13.1. The average Bonchev–Trinajstić information content (AvgIpc) is 3.23. The van der Waals surface area contributed by atoms with Crippen molar-refractivity contribution in [2.75, 3.05) is 26.2 Å². The molecule has 10 nitrogen and oxygen atoms in total. The van der Waals surface area contributed by atoms with Crippen molar-refractivity contribution in [3.8, 4) is 0 Å². The van der Waals surface area contributed by atoms with Crippen LogP contribution in [0.2, 0.25) is 5.02 Å². The molecular weight excluding hydrogens is 532 g/mol. The number of carbonyl (C=O) groups excluding carboxylic acids is 2. The van der Waals surface area contributed by atoms with Gasteiger partial charge in [0.2, 0.25) is 10.0 Å². The molecule has 38 heavy (non-hydrogen) atoms. The second-order valence-corrected chi connectivity index (χ2v) is 12.1. The first-order chi connectivity index (χ1) is 18.2. The number of hydrogen-bond donors (Lipinski definition) is 1. The largest absolute Gasteiger partial charge is 0.528 e. The highest BCUT2D eigenvalue weighted by Gasteiger charge is 2.49. The van der Waals surface area contributed by atoms with Crippen molar-refractivity contribution < 1.29 is 27.6 Å². The second kappa shape index (κ2) is 11.0. The number of carbonyl (C=O) groups is 2. The summed E-state index contributed by atoms with van der Waals surface area (Å²) in [5.74, 6) is 0.224. The number of nitrogens with one attached hydrogen (secondary N) is 1. The van der Waals surface area contributed by atoms with E-state index in [0.717, 1.165) is 18.4 Å². The van der Waals surface area contributed by atoms with Crippen molar-refractivity contribution in [1.29, 1.82) is 0 Å². The summed E-state index contributed by atoms with van der Waals surface area (Å²) in [6, 6.07) is 15.5. The van der Waals surface area contributed by atoms with Gasteiger partial charge in [0.15, 0.2) is 0 Å². The molecule has 12 heteroatoms. The molecule has 1 atom stereocenters. The molecule has 3 aliphatic heterocycles. The van der Waals surface area contributed by atoms with Crippen LogP contribution in [0.25, 0.3) is 0 Å². The van der Waals surface area contributed by atoms with E-state index >= 15 is 0 Å². The van der Waals surface area contributed by atoms with Gasteiger partial charge in [-0.2, -0.15) is 4.31 Å². The monoisotopic (exact) mass is 560 g/mol. The maximum Gasteiger partial charge on any atom is 0.528 e. The number of benzene rings is 2. The zero-order valence-electron chi connectivity index (χ0n) is 20.7. The van der Waals surface area contributed by atoms with Gasteiger partial charge >= 0.3 is 6.16 Å². The van der Waals surface area contributed by atoms with E-state index < -0.39 is 21.7 Å². The Morgan fingerprint density at radius 1 is 1.11 bits per heavy atom. The maximum atomic E-state index is 13.1. The summed E-state index contributed by atoms with van der Waals surface area (Å²) >= 11 is 5.98. The highest BCUT2D eigenvalue weighted by molar-refractivity contribution is 7.89. The van der Waals surface area contributed by atoms with Crippen LogP contribution in [0.4, 0.5) is 4.79 Å². The number of hydrogen-bond acceptors (Lipinski definition) is 8. The molecule has 0 aromatic heterocycles. The topological polar surface area (TPSA) is 118 Å². The Kier molecular flexibility index (Phi) is 7.71. The van der Waals surface area contributed by atoms with Crippen molar-refractivity contribution in [2.45, 2.75) is 42.7 Å². The van der Waals surface area contributed by atoms with Crippen LogP contribution in [0, 0.1) is 5.92 Å². The molecule has 0 saturated carbocycles. The van der Waals surface area contributed by atoms with Crippen LogP contribution in [0.5, 0.6) is 0 Å². The van der Waals surface area contributed by atoms with Crippen molar-refractivity contribution in [3.63, 3.8) is 0 Å². The fourth-order valence-electron chi connectivity index (χ4n) is 5.04. The van der Waals surface area contributed by atoms with Crippen LogP contribution < -0.4 is 5.32 Å². The third-order valence-corrected chi connectivity index (χ3v) is 9.29. The minimum Gasteiger partial charge on any atom is -0.428 e. The average molecular weight is 561 g/mol. The van der Waals surface area contributed by atoms with Gasteiger partial charge in [0.1, 0.15) is 18.0 Å². The lowest BCUT2D eigenvalue weighted by Gasteiger charge is -2.34. The van der Waals surface area contributed by atoms with Gasteiger partial charge in [-0.1, -0.05) is 48.0 Å². The van der Waals surface area contributed by atoms with Crippen LogP contribution in [-0.2, 0) is 31.0 Å². The lowest BCUT2D eigenvalue weighted by atomic mass is 9.89. The van der Waals surface area contributed by atoms with Gasteiger partial charge in [0.05, 0.1) is 4.90 Å². The standard InChI is InChI=1S/C26H29ClN4O6S/c27-21-9-4-10-22(16-21)38(34,35)31-14-11-26(12-15-31)24(32)28-23(29-26)20-8-5-13-30(17-20)37-25(33)36-18-19-6-2-1-3-7-19/h1-4,6-7,9-10,16,20H,5,8,11-15,17-18H2,(H,28,29,32). The summed E-state index contributed by atoms with van der Waals surface area (Å²) in [7, 11) is -3.72. The molecule has 1 spiro atoms. The molecular formula is C26H29ClN4O6S. The van der Waals surface area contributed by atoms with Gasteiger partial charge in [0, 0.05) is 37.1 Å². The third kappa shape index (κ3) is 5.70. The van der Waals surface area contributed by atoms with Gasteiger partial charge < -0.3 is 14.9 Å². The molecule has 3 aliphatic rings. The molecule has 5 rings (SSSR count). The van der Waals surface area contributed by atoms with Crippen LogP contribution in [0.15, 0.2) is 64.5 Å². The molecule has 2 fully saturated rings. The second-order valence-electron chi connectivity index (χ2n) is 9.69. The quantitative estimate of drug-likeness (QED) is 0.538. The molecule has 2 aromatic rings. The summed E-state index contributed by atoms with van der Waals surface area (Å²) in [6.45, 7) is 1.40. The number of amidine groups is 1. The predicted octanol–water partition coefficient (Wildman–Crippen LogP) is 3.37. The molecule has 2 saturated heterocycles. The van der Waals surface area contributed by atoms with E-state index in [1.165, 1.54) is 16.4 Å². The molecule has 1 N–H and O–H groups in total. The van der Waals surface area contributed by atoms with E-state index in [0.29, 0.717) is 23.9 Å². The van der Waals surface area contributed by atoms with Gasteiger partial charge in [0.25, 0.3) is 5.91 Å². The number of hydroxylamine groups is 2. The summed E-state index contributed by atoms with van der Waals surface area (Å²) in [5.41, 5.74) is -0.131. The smallest absolute Gasteiger partial charge is 0.428 e. The van der Waals surface area contributed by atoms with Crippen LogP contribution in [0.1, 0.15) is 31.2 Å². The van der Waals surface area contributed by atoms with Crippen LogP contribution in [-0.4, -0.2) is 67.4 Å². The van der Waals surface area contributed by atoms with Gasteiger partial charge in [-0.05, 0) is 49.4 Å². The molecule has 0 bridgehead atoms. The SMILES string of the molecule is O=C(OCc1ccccc1)ON1CCCC(C2=NC3(CCN(S(=O)(=O)c4cccc(Cl)c4)CC3)C(=O)N2)C1. The van der Waals surface area contributed by atoms with Crippen LogP contribution in [0.3, 0.4) is 0 Å². The van der Waals surface area contributed by atoms with Crippen molar-refractivity contribution in [3.05, 3.63) is 65.2 Å². The normalized spacial score (nSPS) is 22.1. The number of amides is 1. The summed E-state index contributed by atoms with van der Waals surface area (Å²) < 4.78 is 32.7. The minimum absolute atomic E-state index is 0.117. The Balaban J connectivity index is 1.18. The van der Waals surface area contributed by atoms with Gasteiger partial charge in [-0.25, -0.2) is 13.2 Å². The molecule has 2 aromatic carbocycles. The Morgan fingerprint density at radius 3 is 2.61 bits per heavy atom. The fraction of sp³-hybridized carbons (Fsp3) is 0.423. The zero-order chi connectivity index (χ0) is 26.8. The first-order valence-corrected chi connectivity index (χ1v) is 14.4. The Labute approximate surface area is 226 Å². The Bertz CT molecular complexity index is 1330. The van der Waals surface area contributed by atoms with Crippen LogP contribution >= 0.6 is 11.6 Å². The highest BCUT2D eigenvalue weighted by Crippen LogP contribution is 2.34. The van der Waals surface area contributed by atoms with E-state index in [4.69, 9.17) is 26.2 Å². The number of ether oxygens (including phenoxy) is 1. The first kappa shape index (κ1) is 26.6. The first-order valence-electron chi connectivity index (χ1n) is 12.6. The van der Waals surface area contributed by atoms with Crippen molar-refractivity contribution in [1.82, 2.24) is 14.7 Å². The van der Waals surface area contributed by atoms with E-state index in [-0.39, 0.29) is 49.3 Å². The Hall–Kier alpha value is -2.99. The molecule has 0 aliphatic carbocycles. The van der Waals surface area contributed by atoms with E-state index in [2.05, 4.69) is 5.32 Å². The number of aliphatic imine (C=N–C) groups is 1. The number of nitrogens with zero attached hydrogens (tertiary/aromatic N) is 3. The minimum atomic E-state index is -3.72. The summed E-state index contributed by atoms with van der Waals surface area (Å²) in [5, 5.41) is 4.81. The van der Waals surface area contributed by atoms with E-state index in [1.54, 1.807) is 17.2 Å². The third-order valence-electron chi connectivity index (χ3n) is 7.16. The predicted molar refractivity (Wildman–Crippen MR) is 140 cm³/mol.